The minimum absolute atomic E-state index is 0.0315. The van der Waals surface area contributed by atoms with Gasteiger partial charge in [-0.2, -0.15) is 0 Å². The molecule has 1 aromatic carbocycles. The Morgan fingerprint density at radius 2 is 1.77 bits per heavy atom. The van der Waals surface area contributed by atoms with Gasteiger partial charge in [-0.15, -0.1) is 0 Å². The predicted molar refractivity (Wildman–Crippen MR) is 105 cm³/mol. The molecule has 13 heteroatoms. The first-order chi connectivity index (χ1) is 14.6. The van der Waals surface area contributed by atoms with Crippen LogP contribution in [0, 0.1) is 0 Å². The van der Waals surface area contributed by atoms with Gasteiger partial charge in [0.25, 0.3) is 0 Å². The molecule has 0 saturated carbocycles. The van der Waals surface area contributed by atoms with Gasteiger partial charge in [-0.05, 0) is 0 Å². The first-order valence-corrected chi connectivity index (χ1v) is 14.3. The standard InChI is InChI=1S/C18H26O11SSe/c19-6-13-14(21)11(20)8-31(13)9-12-17(29-30(24,25)26)15(22)16(23)18(28-12)27-7-10-4-2-1-3-5-10/h1-5,11-23H,6-9H2/t11-,12-,13-,14+,15-,16-,17-,18-,31?/m1/s1. The van der Waals surface area contributed by atoms with E-state index in [9.17, 15) is 38.5 Å². The molecule has 11 nitrogen and oxygen atoms in total. The summed E-state index contributed by atoms with van der Waals surface area (Å²) in [6, 6.07) is 8.94. The molecular weight excluding hydrogens is 503 g/mol. The van der Waals surface area contributed by atoms with Crippen LogP contribution in [0.4, 0.5) is 0 Å². The Labute approximate surface area is 184 Å². The zero-order chi connectivity index (χ0) is 22.8. The molecule has 9 atom stereocenters. The van der Waals surface area contributed by atoms with Crippen molar-refractivity contribution in [2.75, 3.05) is 6.61 Å². The molecule has 2 aliphatic rings. The summed E-state index contributed by atoms with van der Waals surface area (Å²) in [7, 11) is -5.24. The number of benzene rings is 1. The van der Waals surface area contributed by atoms with E-state index in [1.54, 1.807) is 24.3 Å². The first-order valence-electron chi connectivity index (χ1n) is 9.55. The fourth-order valence-corrected chi connectivity index (χ4v) is 9.95. The summed E-state index contributed by atoms with van der Waals surface area (Å²) in [4.78, 5) is -0.601. The number of hydrogen-bond acceptors (Lipinski definition) is 11. The van der Waals surface area contributed by atoms with Gasteiger partial charge in [0.15, 0.2) is 0 Å². The summed E-state index contributed by atoms with van der Waals surface area (Å²) in [6.07, 6.45) is -9.91. The van der Waals surface area contributed by atoms with Crippen molar-refractivity contribution in [1.29, 1.82) is 0 Å². The second-order valence-corrected chi connectivity index (χ2v) is 13.4. The van der Waals surface area contributed by atoms with Crippen LogP contribution in [-0.2, 0) is 30.7 Å². The van der Waals surface area contributed by atoms with Crippen molar-refractivity contribution >= 4 is 24.3 Å². The van der Waals surface area contributed by atoms with Crippen molar-refractivity contribution in [1.82, 2.24) is 0 Å². The zero-order valence-corrected chi connectivity index (χ0v) is 18.9. The van der Waals surface area contributed by atoms with E-state index in [1.807, 2.05) is 6.07 Å². The average molecular weight is 529 g/mol. The van der Waals surface area contributed by atoms with Gasteiger partial charge in [0.05, 0.1) is 0 Å². The average Bonchev–Trinajstić information content (AvgIpc) is 2.99. The van der Waals surface area contributed by atoms with Crippen molar-refractivity contribution < 1.29 is 52.2 Å². The Bertz CT molecular complexity index is 810. The van der Waals surface area contributed by atoms with E-state index >= 15 is 0 Å². The number of rotatable bonds is 8. The molecule has 31 heavy (non-hydrogen) atoms. The fraction of sp³-hybridized carbons (Fsp3) is 0.667. The van der Waals surface area contributed by atoms with Crippen LogP contribution in [0.3, 0.4) is 0 Å². The van der Waals surface area contributed by atoms with Crippen LogP contribution in [0.1, 0.15) is 5.56 Å². The zero-order valence-electron chi connectivity index (χ0n) is 16.3. The van der Waals surface area contributed by atoms with Crippen LogP contribution >= 0.6 is 0 Å². The maximum absolute atomic E-state index is 11.2. The van der Waals surface area contributed by atoms with E-state index < -0.39 is 72.0 Å². The van der Waals surface area contributed by atoms with E-state index in [4.69, 9.17) is 9.47 Å². The third-order valence-electron chi connectivity index (χ3n) is 5.27. The summed E-state index contributed by atoms with van der Waals surface area (Å²) < 4.78 is 49.3. The SMILES string of the molecule is O=S(=O)([O-])O[C@H]1[C@H](O)[C@@H](O)[C@H](OCc2ccccc2)O[C@@H]1C[Se+]1C[C@@H](O)[C@H](O)[C@H]1CO. The number of aliphatic hydroxyl groups excluding tert-OH is 5. The molecule has 0 amide bonds. The second kappa shape index (κ2) is 10.5. The maximum atomic E-state index is 11.2. The van der Waals surface area contributed by atoms with Crippen molar-refractivity contribution in [3.63, 3.8) is 0 Å². The van der Waals surface area contributed by atoms with Crippen molar-refractivity contribution in [3.05, 3.63) is 35.9 Å². The molecule has 0 aromatic heterocycles. The number of ether oxygens (including phenoxy) is 2. The normalized spacial score (nSPS) is 39.0. The molecule has 1 aromatic rings. The Kier molecular flexibility index (Phi) is 8.46. The van der Waals surface area contributed by atoms with Gasteiger partial charge in [0.1, 0.15) is 0 Å². The van der Waals surface area contributed by atoms with Gasteiger partial charge in [-0.3, -0.25) is 0 Å². The van der Waals surface area contributed by atoms with Gasteiger partial charge < -0.3 is 0 Å². The number of aliphatic hydroxyl groups is 5. The summed E-state index contributed by atoms with van der Waals surface area (Å²) in [6.45, 7) is -0.357. The van der Waals surface area contributed by atoms with Crippen molar-refractivity contribution in [3.8, 4) is 0 Å². The Morgan fingerprint density at radius 1 is 1.10 bits per heavy atom. The van der Waals surface area contributed by atoms with E-state index in [-0.39, 0.29) is 23.9 Å². The van der Waals surface area contributed by atoms with Crippen molar-refractivity contribution in [2.45, 2.75) is 65.0 Å². The molecular formula is C18H26O11SSe. The molecule has 0 aliphatic carbocycles. The van der Waals surface area contributed by atoms with E-state index in [1.165, 1.54) is 0 Å². The van der Waals surface area contributed by atoms with Gasteiger partial charge in [0, 0.05) is 0 Å². The fourth-order valence-electron chi connectivity index (χ4n) is 3.69. The van der Waals surface area contributed by atoms with E-state index in [0.717, 1.165) is 5.56 Å². The van der Waals surface area contributed by atoms with Crippen LogP contribution in [0.25, 0.3) is 0 Å². The molecule has 0 bridgehead atoms. The molecule has 3 rings (SSSR count). The van der Waals surface area contributed by atoms with Crippen LogP contribution < -0.4 is 0 Å². The molecule has 0 radical (unpaired) electrons. The number of hydrogen-bond donors (Lipinski definition) is 5. The summed E-state index contributed by atoms with van der Waals surface area (Å²) in [5.74, 6) is 0. The first kappa shape index (κ1) is 25.0. The van der Waals surface area contributed by atoms with Gasteiger partial charge in [-0.25, -0.2) is 0 Å². The quantitative estimate of drug-likeness (QED) is 0.144. The monoisotopic (exact) mass is 530 g/mol. The van der Waals surface area contributed by atoms with Gasteiger partial charge in [0.2, 0.25) is 0 Å². The third kappa shape index (κ3) is 6.22. The third-order valence-corrected chi connectivity index (χ3v) is 11.6. The topological polar surface area (TPSA) is 186 Å². The Morgan fingerprint density at radius 3 is 2.39 bits per heavy atom. The van der Waals surface area contributed by atoms with Gasteiger partial charge >= 0.3 is 184 Å². The van der Waals surface area contributed by atoms with Crippen molar-refractivity contribution in [2.24, 2.45) is 0 Å². The van der Waals surface area contributed by atoms with Crippen LogP contribution in [0.5, 0.6) is 0 Å². The van der Waals surface area contributed by atoms with E-state index in [0.29, 0.717) is 0 Å². The molecule has 2 fully saturated rings. The van der Waals surface area contributed by atoms with Crippen LogP contribution in [0.2, 0.25) is 15.5 Å². The second-order valence-electron chi connectivity index (χ2n) is 7.44. The minimum atomic E-state index is -5.24. The molecule has 2 saturated heterocycles. The van der Waals surface area contributed by atoms with E-state index in [2.05, 4.69) is 4.18 Å². The van der Waals surface area contributed by atoms with Crippen LogP contribution in [-0.4, -0.2) is 102 Å². The predicted octanol–water partition coefficient (Wildman–Crippen LogP) is -1.91. The molecule has 1 unspecified atom stereocenters. The van der Waals surface area contributed by atoms with Gasteiger partial charge in [-0.1, -0.05) is 0 Å². The molecule has 5 N–H and O–H groups in total. The molecule has 2 aliphatic heterocycles. The molecule has 2 heterocycles. The molecule has 0 spiro atoms. The van der Waals surface area contributed by atoms with Crippen LogP contribution in [0.15, 0.2) is 30.3 Å². The summed E-state index contributed by atoms with van der Waals surface area (Å²) >= 11 is -1.98. The Balaban J connectivity index is 1.77. The summed E-state index contributed by atoms with van der Waals surface area (Å²) in [5.41, 5.74) is 0.765. The Hall–Kier alpha value is -0.671. The molecule has 176 valence electrons. The summed E-state index contributed by atoms with van der Waals surface area (Å²) in [5, 5.41) is 50.7.